The van der Waals surface area contributed by atoms with Gasteiger partial charge < -0.3 is 15.2 Å². The molecule has 0 saturated carbocycles. The van der Waals surface area contributed by atoms with Crippen molar-refractivity contribution in [3.8, 4) is 0 Å². The first-order valence-corrected chi connectivity index (χ1v) is 5.47. The van der Waals surface area contributed by atoms with Crippen LogP contribution in [0, 0.1) is 6.92 Å². The molecule has 0 radical (unpaired) electrons. The van der Waals surface area contributed by atoms with E-state index in [2.05, 4.69) is 9.97 Å². The smallest absolute Gasteiger partial charge is 0.130 e. The number of aryl methyl sites for hydroxylation is 2. The number of imidazole rings is 1. The highest BCUT2D eigenvalue weighted by Gasteiger charge is 2.07. The van der Waals surface area contributed by atoms with E-state index in [1.165, 1.54) is 0 Å². The maximum Gasteiger partial charge on any atom is 0.130 e. The second-order valence-corrected chi connectivity index (χ2v) is 4.21. The molecule has 0 aliphatic heterocycles. The Morgan fingerprint density at radius 1 is 1.41 bits per heavy atom. The van der Waals surface area contributed by atoms with Crippen molar-refractivity contribution in [3.05, 3.63) is 36.0 Å². The minimum Gasteiger partial charge on any atom is -0.398 e. The first-order valence-electron chi connectivity index (χ1n) is 5.47. The van der Waals surface area contributed by atoms with Gasteiger partial charge in [-0.3, -0.25) is 0 Å². The quantitative estimate of drug-likeness (QED) is 0.866. The van der Waals surface area contributed by atoms with Crippen LogP contribution in [-0.4, -0.2) is 21.6 Å². The van der Waals surface area contributed by atoms with E-state index in [0.29, 0.717) is 6.54 Å². The van der Waals surface area contributed by atoms with Crippen molar-refractivity contribution in [3.63, 3.8) is 0 Å². The molecule has 0 unspecified atom stereocenters. The molecule has 0 fully saturated rings. The average Bonchev–Trinajstić information content (AvgIpc) is 2.68. The van der Waals surface area contributed by atoms with Gasteiger partial charge in [-0.15, -0.1) is 0 Å². The highest BCUT2D eigenvalue weighted by atomic mass is 15.2. The van der Waals surface area contributed by atoms with Gasteiger partial charge in [-0.05, 0) is 12.5 Å². The molecule has 2 rings (SSSR count). The Balaban J connectivity index is 2.17. The van der Waals surface area contributed by atoms with Crippen LogP contribution in [0.2, 0.25) is 0 Å². The Bertz CT molecular complexity index is 517. The van der Waals surface area contributed by atoms with Crippen LogP contribution in [0.3, 0.4) is 0 Å². The zero-order chi connectivity index (χ0) is 12.4. The summed E-state index contributed by atoms with van der Waals surface area (Å²) in [6, 6.07) is 1.89. The number of nitrogens with zero attached hydrogens (tertiary/aromatic N) is 4. The van der Waals surface area contributed by atoms with Gasteiger partial charge >= 0.3 is 0 Å². The number of pyridine rings is 1. The van der Waals surface area contributed by atoms with Gasteiger partial charge in [-0.25, -0.2) is 9.97 Å². The van der Waals surface area contributed by atoms with Gasteiger partial charge in [0, 0.05) is 44.4 Å². The lowest BCUT2D eigenvalue weighted by atomic mass is 10.2. The van der Waals surface area contributed by atoms with Crippen molar-refractivity contribution in [2.24, 2.45) is 7.05 Å². The Morgan fingerprint density at radius 3 is 2.76 bits per heavy atom. The number of nitrogens with two attached hydrogens (primary N) is 1. The Labute approximate surface area is 101 Å². The third-order valence-electron chi connectivity index (χ3n) is 2.82. The molecule has 0 atom stereocenters. The van der Waals surface area contributed by atoms with E-state index in [-0.39, 0.29) is 0 Å². The number of anilines is 2. The molecular weight excluding hydrogens is 214 g/mol. The van der Waals surface area contributed by atoms with Crippen LogP contribution >= 0.6 is 0 Å². The third-order valence-corrected chi connectivity index (χ3v) is 2.82. The fourth-order valence-corrected chi connectivity index (χ4v) is 1.58. The van der Waals surface area contributed by atoms with E-state index in [4.69, 9.17) is 5.73 Å². The molecule has 0 spiro atoms. The summed E-state index contributed by atoms with van der Waals surface area (Å²) in [5, 5.41) is 0. The zero-order valence-electron chi connectivity index (χ0n) is 10.4. The predicted molar refractivity (Wildman–Crippen MR) is 68.7 cm³/mol. The summed E-state index contributed by atoms with van der Waals surface area (Å²) >= 11 is 0. The number of nitrogen functional groups attached to an aromatic ring is 1. The minimum atomic E-state index is 0.707. The van der Waals surface area contributed by atoms with E-state index in [1.807, 2.05) is 42.7 Å². The van der Waals surface area contributed by atoms with Crippen LogP contribution in [0.4, 0.5) is 11.5 Å². The van der Waals surface area contributed by atoms with Crippen LogP contribution in [-0.2, 0) is 13.6 Å². The van der Waals surface area contributed by atoms with Crippen molar-refractivity contribution in [1.82, 2.24) is 14.5 Å². The van der Waals surface area contributed by atoms with Crippen molar-refractivity contribution < 1.29 is 0 Å². The van der Waals surface area contributed by atoms with Crippen LogP contribution < -0.4 is 10.6 Å². The first kappa shape index (κ1) is 11.4. The topological polar surface area (TPSA) is 60.0 Å². The molecule has 90 valence electrons. The number of hydrogen-bond acceptors (Lipinski definition) is 4. The molecule has 0 aliphatic rings. The molecular formula is C12H17N5. The van der Waals surface area contributed by atoms with Gasteiger partial charge in [0.25, 0.3) is 0 Å². The molecule has 0 aliphatic carbocycles. The second kappa shape index (κ2) is 4.45. The van der Waals surface area contributed by atoms with Crippen molar-refractivity contribution >= 4 is 11.5 Å². The lowest BCUT2D eigenvalue weighted by Crippen LogP contribution is -2.20. The second-order valence-electron chi connectivity index (χ2n) is 4.21. The fraction of sp³-hybridized carbons (Fsp3) is 0.333. The summed E-state index contributed by atoms with van der Waals surface area (Å²) in [7, 11) is 3.96. The molecule has 0 aromatic carbocycles. The lowest BCUT2D eigenvalue weighted by Gasteiger charge is -2.18. The van der Waals surface area contributed by atoms with Gasteiger partial charge in [0.2, 0.25) is 0 Å². The highest BCUT2D eigenvalue weighted by Crippen LogP contribution is 2.17. The van der Waals surface area contributed by atoms with Gasteiger partial charge in [0.05, 0.1) is 6.54 Å². The summed E-state index contributed by atoms with van der Waals surface area (Å²) < 4.78 is 1.99. The van der Waals surface area contributed by atoms with Crippen molar-refractivity contribution in [2.75, 3.05) is 17.7 Å². The summed E-state index contributed by atoms with van der Waals surface area (Å²) in [5.41, 5.74) is 7.64. The first-order chi connectivity index (χ1) is 8.08. The molecule has 0 bridgehead atoms. The van der Waals surface area contributed by atoms with Crippen molar-refractivity contribution in [2.45, 2.75) is 13.5 Å². The predicted octanol–water partition coefficient (Wildman–Crippen LogP) is 1.34. The Hall–Kier alpha value is -2.04. The Kier molecular flexibility index (Phi) is 2.99. The largest absolute Gasteiger partial charge is 0.398 e. The molecule has 5 nitrogen and oxygen atoms in total. The summed E-state index contributed by atoms with van der Waals surface area (Å²) in [6.45, 7) is 2.66. The molecule has 2 aromatic rings. The monoisotopic (exact) mass is 231 g/mol. The van der Waals surface area contributed by atoms with E-state index in [9.17, 15) is 0 Å². The molecule has 0 amide bonds. The highest BCUT2D eigenvalue weighted by molar-refractivity contribution is 5.54. The van der Waals surface area contributed by atoms with Crippen LogP contribution in [0.25, 0.3) is 0 Å². The maximum atomic E-state index is 5.87. The number of rotatable bonds is 3. The normalized spacial score (nSPS) is 10.5. The summed E-state index contributed by atoms with van der Waals surface area (Å²) in [4.78, 5) is 10.7. The maximum absolute atomic E-state index is 5.87. The number of aromatic nitrogens is 3. The molecule has 2 N–H and O–H groups in total. The van der Waals surface area contributed by atoms with Crippen LogP contribution in [0.5, 0.6) is 0 Å². The average molecular weight is 231 g/mol. The fourth-order valence-electron chi connectivity index (χ4n) is 1.58. The zero-order valence-corrected chi connectivity index (χ0v) is 10.4. The molecule has 2 aromatic heterocycles. The van der Waals surface area contributed by atoms with Gasteiger partial charge in [-0.1, -0.05) is 0 Å². The van der Waals surface area contributed by atoms with Crippen LogP contribution in [0.1, 0.15) is 11.4 Å². The summed E-state index contributed by atoms with van der Waals surface area (Å²) in [6.07, 6.45) is 5.51. The van der Waals surface area contributed by atoms with E-state index >= 15 is 0 Å². The molecule has 5 heteroatoms. The Morgan fingerprint density at radius 2 is 2.18 bits per heavy atom. The minimum absolute atomic E-state index is 0.707. The van der Waals surface area contributed by atoms with E-state index in [1.54, 1.807) is 12.4 Å². The van der Waals surface area contributed by atoms with Crippen LogP contribution in [0.15, 0.2) is 24.7 Å². The summed E-state index contributed by atoms with van der Waals surface area (Å²) in [5.74, 6) is 1.85. The van der Waals surface area contributed by atoms with Gasteiger partial charge in [0.1, 0.15) is 11.6 Å². The third kappa shape index (κ3) is 2.38. The standard InChI is InChI=1S/C12H17N5/c1-9-7-15-11(6-10(9)13)17(3)8-12-14-4-5-16(12)2/h4-7H,8H2,1-3H3,(H2,13,15). The molecule has 0 saturated heterocycles. The van der Waals surface area contributed by atoms with Crippen molar-refractivity contribution in [1.29, 1.82) is 0 Å². The lowest BCUT2D eigenvalue weighted by molar-refractivity contribution is 0.755. The molecule has 2 heterocycles. The molecule has 17 heavy (non-hydrogen) atoms. The van der Waals surface area contributed by atoms with E-state index in [0.717, 1.165) is 22.9 Å². The number of hydrogen-bond donors (Lipinski definition) is 1. The SMILES string of the molecule is Cc1cnc(N(C)Cc2nccn2C)cc1N. The van der Waals surface area contributed by atoms with E-state index < -0.39 is 0 Å². The van der Waals surface area contributed by atoms with Gasteiger partial charge in [-0.2, -0.15) is 0 Å². The van der Waals surface area contributed by atoms with Gasteiger partial charge in [0.15, 0.2) is 0 Å².